The lowest BCUT2D eigenvalue weighted by atomic mass is 10.0. The van der Waals surface area contributed by atoms with Crippen molar-refractivity contribution in [2.24, 2.45) is 0 Å². The molecule has 0 saturated carbocycles. The zero-order valence-corrected chi connectivity index (χ0v) is 10.8. The summed E-state index contributed by atoms with van der Waals surface area (Å²) in [4.78, 5) is 4.60. The van der Waals surface area contributed by atoms with Gasteiger partial charge in [-0.05, 0) is 36.6 Å². The van der Waals surface area contributed by atoms with Gasteiger partial charge in [0.25, 0.3) is 0 Å². The van der Waals surface area contributed by atoms with Crippen molar-refractivity contribution in [2.45, 2.75) is 26.2 Å². The average molecular weight is 254 g/mol. The molecule has 0 unspecified atom stereocenters. The van der Waals surface area contributed by atoms with E-state index in [9.17, 15) is 0 Å². The van der Waals surface area contributed by atoms with E-state index in [1.54, 1.807) is 0 Å². The Morgan fingerprint density at radius 2 is 2.00 bits per heavy atom. The van der Waals surface area contributed by atoms with E-state index in [1.807, 2.05) is 24.3 Å². The number of halogens is 2. The first-order chi connectivity index (χ1) is 7.61. The minimum Gasteiger partial charge on any atom is -0.252 e. The molecule has 0 saturated heterocycles. The fourth-order valence-electron chi connectivity index (χ4n) is 1.64. The molecule has 0 N–H and O–H groups in total. The zero-order valence-electron chi connectivity index (χ0n) is 9.30. The van der Waals surface area contributed by atoms with Crippen molar-refractivity contribution in [1.82, 2.24) is 4.98 Å². The van der Waals surface area contributed by atoms with Gasteiger partial charge in [0.15, 0.2) is 0 Å². The number of hydrogen-bond donors (Lipinski definition) is 0. The molecule has 0 aliphatic heterocycles. The molecule has 2 aromatic rings. The predicted octanol–water partition coefficient (Wildman–Crippen LogP) is 5.06. The molecule has 1 heterocycles. The number of benzene rings is 1. The molecular weight excluding hydrogens is 241 g/mol. The largest absolute Gasteiger partial charge is 0.252 e. The molecule has 1 aromatic carbocycles. The number of aromatic nitrogens is 1. The van der Waals surface area contributed by atoms with Crippen LogP contribution in [0.4, 0.5) is 0 Å². The Hall–Kier alpha value is -0.790. The summed E-state index contributed by atoms with van der Waals surface area (Å²) in [5, 5.41) is 2.40. The van der Waals surface area contributed by atoms with Gasteiger partial charge < -0.3 is 0 Å². The van der Waals surface area contributed by atoms with Crippen LogP contribution in [0.15, 0.2) is 24.3 Å². The van der Waals surface area contributed by atoms with Crippen LogP contribution in [0.5, 0.6) is 0 Å². The van der Waals surface area contributed by atoms with Crippen molar-refractivity contribution in [3.8, 4) is 0 Å². The van der Waals surface area contributed by atoms with E-state index in [4.69, 9.17) is 23.2 Å². The van der Waals surface area contributed by atoms with Gasteiger partial charge >= 0.3 is 0 Å². The Morgan fingerprint density at radius 1 is 1.25 bits per heavy atom. The standard InChI is InChI=1S/C13H13Cl2N/c1-3-8(2)12-7-11(15)10-5-4-9(14)6-13(10)16-12/h4-8H,3H2,1-2H3/t8-/m0/s1. The van der Waals surface area contributed by atoms with Gasteiger partial charge in [-0.3, -0.25) is 4.98 Å². The van der Waals surface area contributed by atoms with Crippen molar-refractivity contribution in [3.05, 3.63) is 40.0 Å². The van der Waals surface area contributed by atoms with E-state index in [0.29, 0.717) is 10.9 Å². The molecule has 0 spiro atoms. The fourth-order valence-corrected chi connectivity index (χ4v) is 2.08. The van der Waals surface area contributed by atoms with Crippen LogP contribution in [0.1, 0.15) is 31.9 Å². The molecule has 0 amide bonds. The molecule has 0 aliphatic rings. The number of fused-ring (bicyclic) bond motifs is 1. The van der Waals surface area contributed by atoms with E-state index < -0.39 is 0 Å². The van der Waals surface area contributed by atoms with E-state index in [0.717, 1.165) is 28.0 Å². The highest BCUT2D eigenvalue weighted by Gasteiger charge is 2.09. The third-order valence-electron chi connectivity index (χ3n) is 2.86. The van der Waals surface area contributed by atoms with Crippen LogP contribution in [-0.4, -0.2) is 4.98 Å². The van der Waals surface area contributed by atoms with Crippen molar-refractivity contribution in [1.29, 1.82) is 0 Å². The second-order valence-corrected chi connectivity index (χ2v) is 4.84. The van der Waals surface area contributed by atoms with Crippen LogP contribution in [0.3, 0.4) is 0 Å². The lowest BCUT2D eigenvalue weighted by Gasteiger charge is -2.10. The molecule has 0 aliphatic carbocycles. The van der Waals surface area contributed by atoms with Crippen molar-refractivity contribution in [3.63, 3.8) is 0 Å². The molecule has 1 nitrogen and oxygen atoms in total. The summed E-state index contributed by atoms with van der Waals surface area (Å²) >= 11 is 12.2. The first-order valence-corrected chi connectivity index (χ1v) is 6.13. The van der Waals surface area contributed by atoms with Gasteiger partial charge in [0.2, 0.25) is 0 Å². The van der Waals surface area contributed by atoms with Crippen molar-refractivity contribution >= 4 is 34.1 Å². The van der Waals surface area contributed by atoms with Crippen LogP contribution in [0.2, 0.25) is 10.0 Å². The summed E-state index contributed by atoms with van der Waals surface area (Å²) in [6, 6.07) is 7.55. The maximum atomic E-state index is 6.23. The maximum Gasteiger partial charge on any atom is 0.0735 e. The number of nitrogens with zero attached hydrogens (tertiary/aromatic N) is 1. The van der Waals surface area contributed by atoms with Crippen LogP contribution >= 0.6 is 23.2 Å². The van der Waals surface area contributed by atoms with Gasteiger partial charge in [0, 0.05) is 16.1 Å². The fraction of sp³-hybridized carbons (Fsp3) is 0.308. The maximum absolute atomic E-state index is 6.23. The average Bonchev–Trinajstić information content (AvgIpc) is 2.27. The second-order valence-electron chi connectivity index (χ2n) is 4.00. The van der Waals surface area contributed by atoms with E-state index in [-0.39, 0.29) is 0 Å². The molecule has 16 heavy (non-hydrogen) atoms. The highest BCUT2D eigenvalue weighted by atomic mass is 35.5. The minimum absolute atomic E-state index is 0.417. The molecule has 2 rings (SSSR count). The molecule has 1 aromatic heterocycles. The first kappa shape index (κ1) is 11.7. The summed E-state index contributed by atoms with van der Waals surface area (Å²) in [5.74, 6) is 0.417. The van der Waals surface area contributed by atoms with Crippen molar-refractivity contribution in [2.75, 3.05) is 0 Å². The molecule has 0 fully saturated rings. The first-order valence-electron chi connectivity index (χ1n) is 5.37. The van der Waals surface area contributed by atoms with Gasteiger partial charge in [0.05, 0.1) is 10.5 Å². The lowest BCUT2D eigenvalue weighted by molar-refractivity contribution is 0.712. The van der Waals surface area contributed by atoms with E-state index >= 15 is 0 Å². The summed E-state index contributed by atoms with van der Waals surface area (Å²) in [6.07, 6.45) is 1.05. The predicted molar refractivity (Wildman–Crippen MR) is 70.5 cm³/mol. The highest BCUT2D eigenvalue weighted by Crippen LogP contribution is 2.28. The molecule has 84 valence electrons. The summed E-state index contributed by atoms with van der Waals surface area (Å²) < 4.78 is 0. The summed E-state index contributed by atoms with van der Waals surface area (Å²) in [5.41, 5.74) is 1.90. The molecule has 0 bridgehead atoms. The van der Waals surface area contributed by atoms with Crippen LogP contribution < -0.4 is 0 Å². The summed E-state index contributed by atoms with van der Waals surface area (Å²) in [6.45, 7) is 4.29. The smallest absolute Gasteiger partial charge is 0.0735 e. The SMILES string of the molecule is CC[C@H](C)c1cc(Cl)c2ccc(Cl)cc2n1. The number of hydrogen-bond acceptors (Lipinski definition) is 1. The van der Waals surface area contributed by atoms with Crippen LogP contribution in [0.25, 0.3) is 10.9 Å². The van der Waals surface area contributed by atoms with Gasteiger partial charge in [-0.2, -0.15) is 0 Å². The molecular formula is C13H13Cl2N. The minimum atomic E-state index is 0.417. The second kappa shape index (κ2) is 4.60. The van der Waals surface area contributed by atoms with Gasteiger partial charge in [-0.15, -0.1) is 0 Å². The lowest BCUT2D eigenvalue weighted by Crippen LogP contribution is -1.96. The Kier molecular flexibility index (Phi) is 3.36. The number of rotatable bonds is 2. The Morgan fingerprint density at radius 3 is 2.69 bits per heavy atom. The van der Waals surface area contributed by atoms with Crippen molar-refractivity contribution < 1.29 is 0 Å². The van der Waals surface area contributed by atoms with E-state index in [1.165, 1.54) is 0 Å². The van der Waals surface area contributed by atoms with Crippen LogP contribution in [0, 0.1) is 0 Å². The van der Waals surface area contributed by atoms with Gasteiger partial charge in [0.1, 0.15) is 0 Å². The highest BCUT2D eigenvalue weighted by molar-refractivity contribution is 6.36. The topological polar surface area (TPSA) is 12.9 Å². The molecule has 3 heteroatoms. The Labute approximate surface area is 105 Å². The van der Waals surface area contributed by atoms with Crippen LogP contribution in [-0.2, 0) is 0 Å². The third-order valence-corrected chi connectivity index (χ3v) is 3.41. The molecule has 0 radical (unpaired) electrons. The third kappa shape index (κ3) is 2.16. The normalized spacial score (nSPS) is 13.0. The number of pyridine rings is 1. The molecule has 1 atom stereocenters. The Bertz CT molecular complexity index is 523. The summed E-state index contributed by atoms with van der Waals surface area (Å²) in [7, 11) is 0. The monoisotopic (exact) mass is 253 g/mol. The zero-order chi connectivity index (χ0) is 11.7. The van der Waals surface area contributed by atoms with Gasteiger partial charge in [-0.1, -0.05) is 37.0 Å². The Balaban J connectivity index is 2.65. The van der Waals surface area contributed by atoms with E-state index in [2.05, 4.69) is 18.8 Å². The van der Waals surface area contributed by atoms with Gasteiger partial charge in [-0.25, -0.2) is 0 Å². The quantitative estimate of drug-likeness (QED) is 0.730.